The van der Waals surface area contributed by atoms with Crippen molar-refractivity contribution in [1.82, 2.24) is 26.2 Å². The number of likely N-dealkylation sites (tertiary alicyclic amines) is 1. The number of amides is 4. The number of carbonyl (C=O) groups excluding carboxylic acids is 4. The molecule has 1 saturated heterocycles. The predicted octanol–water partition coefficient (Wildman–Crippen LogP) is 1.02. The van der Waals surface area contributed by atoms with Crippen molar-refractivity contribution in [1.29, 1.82) is 0 Å². The molecule has 0 aromatic rings. The molecule has 12 heteroatoms. The Morgan fingerprint density at radius 1 is 0.947 bits per heavy atom. The number of nitrogens with one attached hydrogen (secondary N) is 4. The van der Waals surface area contributed by atoms with Crippen LogP contribution in [0.25, 0.3) is 0 Å². The molecule has 1 heterocycles. The largest absolute Gasteiger partial charge is 0.354 e. The fraction of sp³-hybridized carbons (Fsp3) is 0.846. The molecule has 11 nitrogen and oxygen atoms in total. The highest BCUT2D eigenvalue weighted by molar-refractivity contribution is 7.92. The van der Waals surface area contributed by atoms with Gasteiger partial charge in [0.15, 0.2) is 15.6 Å². The molecule has 0 bridgehead atoms. The molecule has 2 saturated carbocycles. The Hall–Kier alpha value is -2.21. The van der Waals surface area contributed by atoms with Crippen molar-refractivity contribution in [2.24, 2.45) is 0 Å². The third kappa shape index (κ3) is 8.93. The molecular formula is C26H45N5O6S. The summed E-state index contributed by atoms with van der Waals surface area (Å²) in [6.45, 7) is 5.67. The first-order valence-electron chi connectivity index (χ1n) is 13.9. The molecule has 3 fully saturated rings. The average molecular weight is 556 g/mol. The van der Waals surface area contributed by atoms with Gasteiger partial charge >= 0.3 is 6.03 Å². The van der Waals surface area contributed by atoms with E-state index in [1.54, 1.807) is 25.7 Å². The second kappa shape index (κ2) is 12.8. The maximum Gasteiger partial charge on any atom is 0.315 e. The van der Waals surface area contributed by atoms with E-state index in [-0.39, 0.29) is 55.4 Å². The van der Waals surface area contributed by atoms with Gasteiger partial charge in [-0.3, -0.25) is 19.3 Å². The summed E-state index contributed by atoms with van der Waals surface area (Å²) in [6, 6.07) is -0.702. The van der Waals surface area contributed by atoms with E-state index in [1.165, 1.54) is 0 Å². The number of ketones is 1. The second-order valence-corrected chi connectivity index (χ2v) is 14.8. The third-order valence-corrected chi connectivity index (χ3v) is 10.5. The summed E-state index contributed by atoms with van der Waals surface area (Å²) in [5.74, 6) is -0.623. The van der Waals surface area contributed by atoms with E-state index in [1.807, 2.05) is 0 Å². The van der Waals surface area contributed by atoms with E-state index in [9.17, 15) is 27.6 Å². The van der Waals surface area contributed by atoms with Crippen molar-refractivity contribution in [2.75, 3.05) is 31.9 Å². The van der Waals surface area contributed by atoms with Crippen LogP contribution in [-0.4, -0.2) is 91.2 Å². The molecule has 4 amide bonds. The van der Waals surface area contributed by atoms with Gasteiger partial charge in [0.2, 0.25) is 11.8 Å². The van der Waals surface area contributed by atoms with Crippen LogP contribution in [-0.2, 0) is 24.2 Å². The van der Waals surface area contributed by atoms with Crippen LogP contribution in [0.2, 0.25) is 0 Å². The van der Waals surface area contributed by atoms with Crippen LogP contribution in [0.3, 0.4) is 0 Å². The van der Waals surface area contributed by atoms with Gasteiger partial charge in [-0.1, -0.05) is 19.3 Å². The maximum absolute atomic E-state index is 12.9. The zero-order valence-corrected chi connectivity index (χ0v) is 23.9. The summed E-state index contributed by atoms with van der Waals surface area (Å²) in [6.07, 6.45) is 7.50. The van der Waals surface area contributed by atoms with Crippen LogP contribution in [0.1, 0.15) is 85.0 Å². The summed E-state index contributed by atoms with van der Waals surface area (Å²) < 4.78 is 24.9. The second-order valence-electron chi connectivity index (χ2n) is 12.1. The molecule has 3 rings (SSSR count). The van der Waals surface area contributed by atoms with E-state index in [4.69, 9.17) is 0 Å². The molecular weight excluding hydrogens is 510 g/mol. The summed E-state index contributed by atoms with van der Waals surface area (Å²) in [7, 11) is -3.45. The SMILES string of the molecule is CC(C)(C)S(=O)(=O)CC1(NC(=O)NCC(=O)CN2CCCC2C(=O)NCCC(=O)NC2CC2)CCCCC1. The lowest BCUT2D eigenvalue weighted by Crippen LogP contribution is -2.58. The van der Waals surface area contributed by atoms with Crippen LogP contribution in [0.5, 0.6) is 0 Å². The zero-order chi connectivity index (χ0) is 28.0. The predicted molar refractivity (Wildman–Crippen MR) is 144 cm³/mol. The lowest BCUT2D eigenvalue weighted by atomic mass is 9.83. The summed E-state index contributed by atoms with van der Waals surface area (Å²) in [4.78, 5) is 51.6. The highest BCUT2D eigenvalue weighted by atomic mass is 32.2. The van der Waals surface area contributed by atoms with Gasteiger partial charge in [0.1, 0.15) is 0 Å². The number of rotatable bonds is 12. The van der Waals surface area contributed by atoms with E-state index in [0.717, 1.165) is 38.5 Å². The van der Waals surface area contributed by atoms with Crippen LogP contribution in [0, 0.1) is 0 Å². The normalized spacial score (nSPS) is 21.9. The van der Waals surface area contributed by atoms with Crippen molar-refractivity contribution in [3.8, 4) is 0 Å². The van der Waals surface area contributed by atoms with E-state index in [0.29, 0.717) is 25.8 Å². The molecule has 0 spiro atoms. The van der Waals surface area contributed by atoms with Crippen LogP contribution >= 0.6 is 0 Å². The van der Waals surface area contributed by atoms with E-state index >= 15 is 0 Å². The Labute approximate surface area is 226 Å². The molecule has 1 aliphatic heterocycles. The summed E-state index contributed by atoms with van der Waals surface area (Å²) in [5, 5.41) is 11.2. The molecule has 0 aromatic heterocycles. The average Bonchev–Trinajstić information content (AvgIpc) is 3.51. The first kappa shape index (κ1) is 30.3. The molecule has 2 aliphatic carbocycles. The minimum Gasteiger partial charge on any atom is -0.354 e. The van der Waals surface area contributed by atoms with Crippen molar-refractivity contribution >= 4 is 33.5 Å². The molecule has 1 atom stereocenters. The molecule has 3 aliphatic rings. The van der Waals surface area contributed by atoms with Crippen LogP contribution < -0.4 is 21.3 Å². The van der Waals surface area contributed by atoms with Crippen LogP contribution in [0.15, 0.2) is 0 Å². The number of hydrogen-bond acceptors (Lipinski definition) is 7. The summed E-state index contributed by atoms with van der Waals surface area (Å²) in [5.41, 5.74) is -0.842. The molecule has 0 aromatic carbocycles. The number of nitrogens with zero attached hydrogens (tertiary/aromatic N) is 1. The van der Waals surface area contributed by atoms with Crippen molar-refractivity contribution < 1.29 is 27.6 Å². The number of Topliss-reactive ketones (excluding diaryl/α,β-unsaturated/α-hetero) is 1. The minimum atomic E-state index is -3.45. The first-order valence-corrected chi connectivity index (χ1v) is 15.6. The van der Waals surface area contributed by atoms with Gasteiger partial charge in [0.25, 0.3) is 0 Å². The summed E-state index contributed by atoms with van der Waals surface area (Å²) >= 11 is 0. The van der Waals surface area contributed by atoms with E-state index in [2.05, 4.69) is 21.3 Å². The fourth-order valence-electron chi connectivity index (χ4n) is 5.12. The number of hydrogen-bond donors (Lipinski definition) is 4. The molecule has 38 heavy (non-hydrogen) atoms. The van der Waals surface area contributed by atoms with Gasteiger partial charge in [-0.05, 0) is 65.8 Å². The topological polar surface area (TPSA) is 154 Å². The van der Waals surface area contributed by atoms with Gasteiger partial charge in [-0.25, -0.2) is 13.2 Å². The smallest absolute Gasteiger partial charge is 0.315 e. The molecule has 4 N–H and O–H groups in total. The number of carbonyl (C=O) groups is 4. The maximum atomic E-state index is 12.9. The highest BCUT2D eigenvalue weighted by Gasteiger charge is 2.42. The van der Waals surface area contributed by atoms with E-state index < -0.39 is 32.2 Å². The fourth-order valence-corrected chi connectivity index (χ4v) is 6.64. The van der Waals surface area contributed by atoms with Crippen molar-refractivity contribution in [3.05, 3.63) is 0 Å². The van der Waals surface area contributed by atoms with Gasteiger partial charge in [0.05, 0.1) is 35.2 Å². The Morgan fingerprint density at radius 3 is 2.26 bits per heavy atom. The van der Waals surface area contributed by atoms with Gasteiger partial charge < -0.3 is 21.3 Å². The Balaban J connectivity index is 1.44. The Kier molecular flexibility index (Phi) is 10.2. The molecule has 0 radical (unpaired) electrons. The monoisotopic (exact) mass is 555 g/mol. The van der Waals surface area contributed by atoms with Crippen molar-refractivity contribution in [3.63, 3.8) is 0 Å². The number of sulfone groups is 1. The zero-order valence-electron chi connectivity index (χ0n) is 23.1. The Morgan fingerprint density at radius 2 is 1.63 bits per heavy atom. The molecule has 1 unspecified atom stereocenters. The quantitative estimate of drug-likeness (QED) is 0.280. The standard InChI is InChI=1S/C26H45N5O6S/c1-25(2,3)38(36,37)18-26(12-5-4-6-13-26)30-24(35)28-16-20(32)17-31-15-7-8-21(31)23(34)27-14-11-22(33)29-19-9-10-19/h19,21H,4-18H2,1-3H3,(H,27,34)(H,29,33)(H2,28,30,35). The van der Waals surface area contributed by atoms with Gasteiger partial charge in [0, 0.05) is 19.0 Å². The van der Waals surface area contributed by atoms with Gasteiger partial charge in [-0.15, -0.1) is 0 Å². The Bertz CT molecular complexity index is 983. The minimum absolute atomic E-state index is 0.0318. The number of urea groups is 1. The first-order chi connectivity index (χ1) is 17.8. The van der Waals surface area contributed by atoms with Gasteiger partial charge in [-0.2, -0.15) is 0 Å². The third-order valence-electron chi connectivity index (χ3n) is 7.67. The van der Waals surface area contributed by atoms with Crippen LogP contribution in [0.4, 0.5) is 4.79 Å². The lowest BCUT2D eigenvalue weighted by molar-refractivity contribution is -0.127. The van der Waals surface area contributed by atoms with Crippen molar-refractivity contribution in [2.45, 2.75) is 107 Å². The molecule has 216 valence electrons. The highest BCUT2D eigenvalue weighted by Crippen LogP contribution is 2.32. The lowest BCUT2D eigenvalue weighted by Gasteiger charge is -2.39.